The molecule has 0 bridgehead atoms. The van der Waals surface area contributed by atoms with E-state index in [0.717, 1.165) is 11.4 Å². The first-order valence-electron chi connectivity index (χ1n) is 21.0. The number of carbonyl (C=O) groups is 3. The molecule has 15 nitrogen and oxygen atoms in total. The van der Waals surface area contributed by atoms with Crippen LogP contribution in [0.5, 0.6) is 11.5 Å². The highest BCUT2D eigenvalue weighted by atomic mass is 16.5. The monoisotopic (exact) mass is 868 g/mol. The molecule has 2 heterocycles. The van der Waals surface area contributed by atoms with Crippen molar-refractivity contribution in [2.75, 3.05) is 17.7 Å². The van der Waals surface area contributed by atoms with Gasteiger partial charge in [-0.3, -0.25) is 24.0 Å². The summed E-state index contributed by atoms with van der Waals surface area (Å²) >= 11 is 0. The number of aryl methyl sites for hydroxylation is 2. The summed E-state index contributed by atoms with van der Waals surface area (Å²) in [7, 11) is 1.36. The van der Waals surface area contributed by atoms with Gasteiger partial charge in [-0.25, -0.2) is 9.13 Å². The van der Waals surface area contributed by atoms with Gasteiger partial charge in [0.2, 0.25) is 16.8 Å². The summed E-state index contributed by atoms with van der Waals surface area (Å²) in [6.45, 7) is 3.17. The third-order valence-electron chi connectivity index (χ3n) is 12.4. The van der Waals surface area contributed by atoms with E-state index in [-0.39, 0.29) is 76.2 Å². The third kappa shape index (κ3) is 7.35. The lowest BCUT2D eigenvalue weighted by Crippen LogP contribution is -2.39. The maximum atomic E-state index is 15.2. The molecule has 0 amide bonds. The Hall–Kier alpha value is -7.23. The van der Waals surface area contributed by atoms with Gasteiger partial charge in [-0.2, -0.15) is 0 Å². The zero-order valence-corrected chi connectivity index (χ0v) is 35.6. The second-order valence-electron chi connectivity index (χ2n) is 16.3. The standard InChI is InChI=1S/C49H46N4O11/c1-25-18-31-39-42-38(28(24-55)20-33(57)41(42)47(62)46(31)51-22-30-11-5-7-15-53(30)17-9-13-35(60)61)37-27(23-54)19-32(50-21-29-10-4-6-14-52(29)16-8-12-34(58)59)40-43(37)44(39)45(36(25)26(2)56)49(64-3)48(40)63/h4-7,10-11,14-15,18-20,36,54-55H,8-9,12-13,16-17,21-24H2,1-3H3,(H3-2,50,51,57,58,59,60,61,62,63)/p+2. The zero-order chi connectivity index (χ0) is 45.6. The first-order valence-corrected chi connectivity index (χ1v) is 21.0. The lowest BCUT2D eigenvalue weighted by Gasteiger charge is -2.26. The highest BCUT2D eigenvalue weighted by Crippen LogP contribution is 2.55. The Morgan fingerprint density at radius 2 is 1.30 bits per heavy atom. The average Bonchev–Trinajstić information content (AvgIpc) is 3.39. The summed E-state index contributed by atoms with van der Waals surface area (Å²) in [4.78, 5) is 66.1. The molecule has 0 fully saturated rings. The van der Waals surface area contributed by atoms with Crippen LogP contribution in [0.4, 0.5) is 11.4 Å². The predicted molar refractivity (Wildman–Crippen MR) is 240 cm³/mol. The van der Waals surface area contributed by atoms with Gasteiger partial charge in [-0.05, 0) is 53.3 Å². The summed E-state index contributed by atoms with van der Waals surface area (Å²) < 4.78 is 9.82. The number of rotatable bonds is 18. The van der Waals surface area contributed by atoms with Crippen molar-refractivity contribution in [3.05, 3.63) is 121 Å². The minimum absolute atomic E-state index is 0.0174. The van der Waals surface area contributed by atoms with Crippen molar-refractivity contribution in [1.82, 2.24) is 0 Å². The summed E-state index contributed by atoms with van der Waals surface area (Å²) in [5.74, 6) is -3.60. The number of aromatic nitrogens is 2. The molecule has 328 valence electrons. The lowest BCUT2D eigenvalue weighted by molar-refractivity contribution is -0.704. The molecule has 0 saturated heterocycles. The number of ether oxygens (including phenoxy) is 1. The maximum Gasteiger partial charge on any atom is 0.303 e. The van der Waals surface area contributed by atoms with Crippen molar-refractivity contribution in [3.8, 4) is 11.5 Å². The fourth-order valence-corrected chi connectivity index (χ4v) is 9.71. The van der Waals surface area contributed by atoms with Gasteiger partial charge in [0.25, 0.3) is 0 Å². The molecule has 7 aromatic rings. The van der Waals surface area contributed by atoms with Crippen molar-refractivity contribution in [2.24, 2.45) is 0 Å². The van der Waals surface area contributed by atoms with E-state index in [4.69, 9.17) is 4.74 Å². The summed E-state index contributed by atoms with van der Waals surface area (Å²) in [6.07, 6.45) is 6.15. The van der Waals surface area contributed by atoms with Crippen molar-refractivity contribution in [1.29, 1.82) is 0 Å². The van der Waals surface area contributed by atoms with Crippen LogP contribution in [0.3, 0.4) is 0 Å². The number of phenols is 1. The quantitative estimate of drug-likeness (QED) is 0.0255. The Morgan fingerprint density at radius 1 is 0.734 bits per heavy atom. The van der Waals surface area contributed by atoms with E-state index in [1.54, 1.807) is 19.1 Å². The van der Waals surface area contributed by atoms with Crippen LogP contribution in [0.15, 0.2) is 76.1 Å². The number of aliphatic hydroxyl groups excluding tert-OH is 2. The van der Waals surface area contributed by atoms with Crippen LogP contribution in [0, 0.1) is 0 Å². The number of carbonyl (C=O) groups excluding carboxylic acids is 1. The molecule has 0 saturated carbocycles. The number of phenolic OH excluding ortho intramolecular Hbond substituents is 1. The van der Waals surface area contributed by atoms with Crippen molar-refractivity contribution in [3.63, 3.8) is 0 Å². The number of fused-ring (bicyclic) bond motifs is 1. The molecule has 0 aliphatic heterocycles. The summed E-state index contributed by atoms with van der Waals surface area (Å²) in [6, 6.07) is 14.0. The van der Waals surface area contributed by atoms with Crippen LogP contribution in [0.1, 0.15) is 79.1 Å². The summed E-state index contributed by atoms with van der Waals surface area (Å²) in [5.41, 5.74) is 2.68. The normalized spacial score (nSPS) is 13.5. The molecule has 1 unspecified atom stereocenters. The van der Waals surface area contributed by atoms with Gasteiger partial charge in [0.15, 0.2) is 29.3 Å². The Kier molecular flexibility index (Phi) is 11.9. The molecule has 5 aromatic carbocycles. The minimum Gasteiger partial charge on any atom is -0.505 e. The van der Waals surface area contributed by atoms with Crippen LogP contribution >= 0.6 is 0 Å². The van der Waals surface area contributed by atoms with E-state index in [0.29, 0.717) is 75.2 Å². The molecule has 1 aliphatic carbocycles. The fraction of sp³-hybridized carbons (Fsp3) is 0.286. The zero-order valence-electron chi connectivity index (χ0n) is 35.6. The number of carboxylic acids is 2. The van der Waals surface area contributed by atoms with Gasteiger partial charge >= 0.3 is 11.9 Å². The molecular formula is C49H48N4O11+2. The van der Waals surface area contributed by atoms with Crippen LogP contribution in [-0.2, 0) is 53.8 Å². The number of nitrogens with zero attached hydrogens (tertiary/aromatic N) is 2. The summed E-state index contributed by atoms with van der Waals surface area (Å²) in [5, 5.41) is 62.2. The number of nitrogens with one attached hydrogen (secondary N) is 2. The number of allylic oxidation sites excluding steroid dienone is 1. The number of hydrogen-bond donors (Lipinski definition) is 7. The van der Waals surface area contributed by atoms with Gasteiger partial charge in [-0.15, -0.1) is 0 Å². The van der Waals surface area contributed by atoms with Gasteiger partial charge in [0.05, 0.1) is 55.5 Å². The number of aliphatic carboxylic acids is 2. The Morgan fingerprint density at radius 3 is 1.84 bits per heavy atom. The van der Waals surface area contributed by atoms with Crippen LogP contribution in [0.2, 0.25) is 0 Å². The van der Waals surface area contributed by atoms with E-state index >= 15 is 4.79 Å². The lowest BCUT2D eigenvalue weighted by atomic mass is 9.79. The largest absolute Gasteiger partial charge is 0.505 e. The molecule has 15 heteroatoms. The number of aliphatic hydroxyl groups is 2. The van der Waals surface area contributed by atoms with Crippen molar-refractivity contribution in [2.45, 2.75) is 84.8 Å². The molecule has 7 N–H and O–H groups in total. The van der Waals surface area contributed by atoms with E-state index in [2.05, 4.69) is 10.6 Å². The first-order chi connectivity index (χ1) is 30.8. The number of carboxylic acid groups (broad SMARTS) is 2. The Bertz CT molecular complexity index is 3200. The molecule has 2 aromatic heterocycles. The smallest absolute Gasteiger partial charge is 0.303 e. The predicted octanol–water partition coefficient (Wildman–Crippen LogP) is 5.21. The van der Waals surface area contributed by atoms with Gasteiger partial charge in [0.1, 0.15) is 32.0 Å². The molecular weight excluding hydrogens is 821 g/mol. The SMILES string of the molecule is COc1c2c3c4c(c(NCc5cccc[n+]5CCCC(=O)O)c(O)c5c(=O)cc(CO)c(c6c(CO)cc(NCc7cccc[n+]7CCCC(=O)O)c(c1=O)c63)c54)C=C(C)C2C(C)=O. The number of aromatic hydroxyl groups is 1. The topological polar surface area (TPSA) is 228 Å². The average molecular weight is 869 g/mol. The van der Waals surface area contributed by atoms with E-state index in [1.807, 2.05) is 57.9 Å². The van der Waals surface area contributed by atoms with Crippen molar-refractivity contribution < 1.29 is 53.8 Å². The van der Waals surface area contributed by atoms with Gasteiger partial charge in [0, 0.05) is 70.1 Å². The number of anilines is 2. The van der Waals surface area contributed by atoms with Gasteiger partial charge < -0.3 is 40.9 Å². The van der Waals surface area contributed by atoms with E-state index in [9.17, 15) is 44.7 Å². The van der Waals surface area contributed by atoms with E-state index in [1.165, 1.54) is 20.1 Å². The maximum absolute atomic E-state index is 15.2. The Labute approximate surface area is 365 Å². The first kappa shape index (κ1) is 43.4. The number of pyridine rings is 2. The molecule has 8 rings (SSSR count). The van der Waals surface area contributed by atoms with Crippen LogP contribution in [0.25, 0.3) is 49.2 Å². The van der Waals surface area contributed by atoms with Crippen molar-refractivity contribution >= 4 is 78.3 Å². The fourth-order valence-electron chi connectivity index (χ4n) is 9.71. The molecule has 0 radical (unpaired) electrons. The number of methoxy groups -OCH3 is 1. The Balaban J connectivity index is 1.47. The third-order valence-corrected chi connectivity index (χ3v) is 12.4. The molecule has 64 heavy (non-hydrogen) atoms. The molecule has 0 spiro atoms. The van der Waals surface area contributed by atoms with Gasteiger partial charge in [-0.1, -0.05) is 23.8 Å². The van der Waals surface area contributed by atoms with E-state index < -0.39 is 41.9 Å². The molecule has 1 atom stereocenters. The highest BCUT2D eigenvalue weighted by Gasteiger charge is 2.37. The second kappa shape index (κ2) is 17.5. The molecule has 1 aliphatic rings. The second-order valence-corrected chi connectivity index (χ2v) is 16.3. The minimum atomic E-state index is -1.02. The van der Waals surface area contributed by atoms with Crippen LogP contribution in [-0.4, -0.2) is 50.4 Å². The number of benzene rings is 5. The van der Waals surface area contributed by atoms with Crippen LogP contribution < -0.4 is 35.4 Å². The number of hydrogen-bond acceptors (Lipinski definition) is 11. The highest BCUT2D eigenvalue weighted by molar-refractivity contribution is 6.39. The number of Topliss-reactive ketones (excluding diaryl/α,β-unsaturated/α-hetero) is 1. The number of ketones is 1.